The number of carbonyl (C=O) groups excluding carboxylic acids is 1. The smallest absolute Gasteiger partial charge is 0.283 e. The zero-order valence-electron chi connectivity index (χ0n) is 11.7. The summed E-state index contributed by atoms with van der Waals surface area (Å²) in [4.78, 5) is 27.2. The fraction of sp³-hybridized carbons (Fsp3) is 0. The molecule has 0 spiro atoms. The van der Waals surface area contributed by atoms with Gasteiger partial charge in [-0.05, 0) is 18.2 Å². The monoisotopic (exact) mass is 327 g/mol. The highest BCUT2D eigenvalue weighted by atomic mass is 35.5. The van der Waals surface area contributed by atoms with Crippen molar-refractivity contribution in [3.05, 3.63) is 75.4 Å². The second-order valence-corrected chi connectivity index (χ2v) is 5.13. The SMILES string of the molecule is O=C(Nc1cccc2cccnc12)c1c(Cl)cccc1[N+](=O)[O-]. The molecule has 2 aromatic carbocycles. The highest BCUT2D eigenvalue weighted by Gasteiger charge is 2.23. The van der Waals surface area contributed by atoms with Gasteiger partial charge in [0.2, 0.25) is 0 Å². The zero-order chi connectivity index (χ0) is 16.4. The number of para-hydroxylation sites is 1. The van der Waals surface area contributed by atoms with Gasteiger partial charge in [-0.2, -0.15) is 0 Å². The van der Waals surface area contributed by atoms with Gasteiger partial charge in [-0.15, -0.1) is 0 Å². The molecule has 0 atom stereocenters. The lowest BCUT2D eigenvalue weighted by Gasteiger charge is -2.09. The minimum absolute atomic E-state index is 0.0184. The number of pyridine rings is 1. The van der Waals surface area contributed by atoms with Crippen LogP contribution in [0.3, 0.4) is 0 Å². The van der Waals surface area contributed by atoms with Crippen LogP contribution in [0.2, 0.25) is 5.02 Å². The van der Waals surface area contributed by atoms with Crippen LogP contribution in [0.1, 0.15) is 10.4 Å². The lowest BCUT2D eigenvalue weighted by Crippen LogP contribution is -2.15. The van der Waals surface area contributed by atoms with E-state index < -0.39 is 10.8 Å². The number of nitro benzene ring substituents is 1. The first-order valence-corrected chi connectivity index (χ1v) is 7.04. The number of nitrogens with one attached hydrogen (secondary N) is 1. The second-order valence-electron chi connectivity index (χ2n) is 4.73. The molecular formula is C16H10ClN3O3. The number of aromatic nitrogens is 1. The summed E-state index contributed by atoms with van der Waals surface area (Å²) in [5.74, 6) is -0.652. The molecule has 114 valence electrons. The third kappa shape index (κ3) is 2.84. The van der Waals surface area contributed by atoms with E-state index in [-0.39, 0.29) is 16.3 Å². The Morgan fingerprint density at radius 3 is 2.65 bits per heavy atom. The number of fused-ring (bicyclic) bond motifs is 1. The Hall–Kier alpha value is -2.99. The van der Waals surface area contributed by atoms with E-state index in [1.807, 2.05) is 12.1 Å². The molecule has 0 saturated carbocycles. The van der Waals surface area contributed by atoms with Crippen molar-refractivity contribution in [2.45, 2.75) is 0 Å². The summed E-state index contributed by atoms with van der Waals surface area (Å²) in [5.41, 5.74) is 0.538. The van der Waals surface area contributed by atoms with E-state index in [0.717, 1.165) is 5.39 Å². The number of nitro groups is 1. The zero-order valence-corrected chi connectivity index (χ0v) is 12.4. The highest BCUT2D eigenvalue weighted by Crippen LogP contribution is 2.28. The molecular weight excluding hydrogens is 318 g/mol. The fourth-order valence-electron chi connectivity index (χ4n) is 2.28. The molecule has 0 bridgehead atoms. The molecule has 0 saturated heterocycles. The van der Waals surface area contributed by atoms with E-state index in [4.69, 9.17) is 11.6 Å². The van der Waals surface area contributed by atoms with Crippen LogP contribution in [0, 0.1) is 10.1 Å². The molecule has 1 aromatic heterocycles. The van der Waals surface area contributed by atoms with Gasteiger partial charge >= 0.3 is 0 Å². The average Bonchev–Trinajstić information content (AvgIpc) is 2.54. The summed E-state index contributed by atoms with van der Waals surface area (Å²) in [7, 11) is 0. The van der Waals surface area contributed by atoms with Crippen LogP contribution in [0.5, 0.6) is 0 Å². The predicted octanol–water partition coefficient (Wildman–Crippen LogP) is 4.05. The van der Waals surface area contributed by atoms with Gasteiger partial charge in [0.05, 0.1) is 21.2 Å². The standard InChI is InChI=1S/C16H10ClN3O3/c17-11-6-2-8-13(20(22)23)14(11)16(21)19-12-7-1-4-10-5-3-9-18-15(10)12/h1-9H,(H,19,21). The maximum atomic E-state index is 12.5. The van der Waals surface area contributed by atoms with Gasteiger partial charge in [-0.1, -0.05) is 35.9 Å². The number of amides is 1. The molecule has 0 aliphatic heterocycles. The third-order valence-electron chi connectivity index (χ3n) is 3.30. The number of hydrogen-bond acceptors (Lipinski definition) is 4. The number of nitrogens with zero attached hydrogens (tertiary/aromatic N) is 2. The Kier molecular flexibility index (Phi) is 3.91. The van der Waals surface area contributed by atoms with Gasteiger partial charge in [-0.3, -0.25) is 19.9 Å². The van der Waals surface area contributed by atoms with E-state index in [2.05, 4.69) is 10.3 Å². The van der Waals surface area contributed by atoms with Crippen LogP contribution >= 0.6 is 11.6 Å². The molecule has 1 heterocycles. The van der Waals surface area contributed by atoms with Crippen molar-refractivity contribution in [1.82, 2.24) is 4.98 Å². The number of anilines is 1. The van der Waals surface area contributed by atoms with Gasteiger partial charge < -0.3 is 5.32 Å². The lowest BCUT2D eigenvalue weighted by atomic mass is 10.1. The first-order chi connectivity index (χ1) is 11.1. The maximum absolute atomic E-state index is 12.5. The largest absolute Gasteiger partial charge is 0.320 e. The molecule has 3 rings (SSSR count). The summed E-state index contributed by atoms with van der Waals surface area (Å²) in [6, 6.07) is 13.0. The van der Waals surface area contributed by atoms with Crippen LogP contribution < -0.4 is 5.32 Å². The third-order valence-corrected chi connectivity index (χ3v) is 3.61. The molecule has 0 unspecified atom stereocenters. The molecule has 0 aliphatic rings. The summed E-state index contributed by atoms with van der Waals surface area (Å²) in [6.07, 6.45) is 1.61. The first-order valence-electron chi connectivity index (χ1n) is 6.66. The summed E-state index contributed by atoms with van der Waals surface area (Å²) in [5, 5.41) is 14.6. The van der Waals surface area contributed by atoms with Gasteiger partial charge in [0.1, 0.15) is 5.56 Å². The maximum Gasteiger partial charge on any atom is 0.283 e. The molecule has 3 aromatic rings. The van der Waals surface area contributed by atoms with Gasteiger partial charge in [0, 0.05) is 17.6 Å². The van der Waals surface area contributed by atoms with Crippen LogP contribution in [0.25, 0.3) is 10.9 Å². The topological polar surface area (TPSA) is 85.1 Å². The minimum atomic E-state index is -0.652. The quantitative estimate of drug-likeness (QED) is 0.581. The van der Waals surface area contributed by atoms with E-state index in [9.17, 15) is 14.9 Å². The van der Waals surface area contributed by atoms with E-state index in [1.165, 1.54) is 18.2 Å². The van der Waals surface area contributed by atoms with Crippen molar-refractivity contribution < 1.29 is 9.72 Å². The number of benzene rings is 2. The van der Waals surface area contributed by atoms with Crippen molar-refractivity contribution in [1.29, 1.82) is 0 Å². The number of carbonyl (C=O) groups is 1. The van der Waals surface area contributed by atoms with Crippen molar-refractivity contribution in [3.8, 4) is 0 Å². The normalized spacial score (nSPS) is 10.5. The second kappa shape index (κ2) is 6.02. The fourth-order valence-corrected chi connectivity index (χ4v) is 2.53. The van der Waals surface area contributed by atoms with Crippen LogP contribution in [0.4, 0.5) is 11.4 Å². The Labute approximate surface area is 135 Å². The molecule has 6 nitrogen and oxygen atoms in total. The summed E-state index contributed by atoms with van der Waals surface area (Å²) in [6.45, 7) is 0. The molecule has 7 heteroatoms. The molecule has 0 aliphatic carbocycles. The van der Waals surface area contributed by atoms with Crippen molar-refractivity contribution in [3.63, 3.8) is 0 Å². The van der Waals surface area contributed by atoms with E-state index >= 15 is 0 Å². The highest BCUT2D eigenvalue weighted by molar-refractivity contribution is 6.35. The summed E-state index contributed by atoms with van der Waals surface area (Å²) >= 11 is 5.97. The van der Waals surface area contributed by atoms with Crippen LogP contribution in [-0.2, 0) is 0 Å². The Balaban J connectivity index is 2.04. The molecule has 1 N–H and O–H groups in total. The molecule has 1 amide bonds. The number of hydrogen-bond donors (Lipinski definition) is 1. The van der Waals surface area contributed by atoms with Gasteiger partial charge in [0.15, 0.2) is 0 Å². The van der Waals surface area contributed by atoms with Gasteiger partial charge in [-0.25, -0.2) is 0 Å². The van der Waals surface area contributed by atoms with E-state index in [0.29, 0.717) is 11.2 Å². The number of rotatable bonds is 3. The predicted molar refractivity (Wildman–Crippen MR) is 87.8 cm³/mol. The number of halogens is 1. The minimum Gasteiger partial charge on any atom is -0.320 e. The summed E-state index contributed by atoms with van der Waals surface area (Å²) < 4.78 is 0. The molecule has 0 radical (unpaired) electrons. The van der Waals surface area contributed by atoms with Crippen molar-refractivity contribution in [2.24, 2.45) is 0 Å². The average molecular weight is 328 g/mol. The lowest BCUT2D eigenvalue weighted by molar-refractivity contribution is -0.385. The van der Waals surface area contributed by atoms with Crippen LogP contribution in [0.15, 0.2) is 54.7 Å². The Morgan fingerprint density at radius 1 is 1.13 bits per heavy atom. The van der Waals surface area contributed by atoms with Gasteiger partial charge in [0.25, 0.3) is 11.6 Å². The van der Waals surface area contributed by atoms with Crippen LogP contribution in [-0.4, -0.2) is 15.8 Å². The first kappa shape index (κ1) is 14.9. The Morgan fingerprint density at radius 2 is 1.87 bits per heavy atom. The van der Waals surface area contributed by atoms with Crippen molar-refractivity contribution >= 4 is 39.8 Å². The Bertz CT molecular complexity index is 922. The van der Waals surface area contributed by atoms with E-state index in [1.54, 1.807) is 24.4 Å². The molecule has 0 fully saturated rings. The van der Waals surface area contributed by atoms with Crippen molar-refractivity contribution in [2.75, 3.05) is 5.32 Å². The molecule has 23 heavy (non-hydrogen) atoms.